The largest absolute Gasteiger partial charge is 0.490 e. The molecule has 0 aliphatic carbocycles. The van der Waals surface area contributed by atoms with Crippen LogP contribution in [0.5, 0.6) is 11.5 Å². The molecule has 0 bridgehead atoms. The summed E-state index contributed by atoms with van der Waals surface area (Å²) in [6, 6.07) is 11.3. The van der Waals surface area contributed by atoms with E-state index < -0.39 is 17.9 Å². The number of para-hydroxylation sites is 1. The van der Waals surface area contributed by atoms with Gasteiger partial charge < -0.3 is 18.6 Å². The molecular formula is C32H32N2O7S. The Hall–Kier alpha value is -4.44. The van der Waals surface area contributed by atoms with Crippen molar-refractivity contribution in [2.75, 3.05) is 24.7 Å². The molecule has 0 N–H and O–H groups in total. The van der Waals surface area contributed by atoms with Crippen LogP contribution in [0.2, 0.25) is 0 Å². The quantitative estimate of drug-likeness (QED) is 0.145. The molecule has 1 unspecified atom stereocenters. The molecule has 0 fully saturated rings. The summed E-state index contributed by atoms with van der Waals surface area (Å²) in [5, 5.41) is 0.594. The Labute approximate surface area is 247 Å². The second kappa shape index (κ2) is 12.2. The Balaban J connectivity index is 1.66. The van der Waals surface area contributed by atoms with Gasteiger partial charge in [0.05, 0.1) is 35.9 Å². The SMILES string of the molecule is C=CCOC(=O)c1sc(N2C(=O)c3oc4ccccc4c(=O)c3C2c2ccc(OCCC(C)C)c(OCC)c2)nc1C. The average molecular weight is 589 g/mol. The number of hydrogen-bond acceptors (Lipinski definition) is 9. The summed E-state index contributed by atoms with van der Waals surface area (Å²) in [6.45, 7) is 12.3. The minimum atomic E-state index is -0.889. The minimum Gasteiger partial charge on any atom is -0.490 e. The number of fused-ring (bicyclic) bond motifs is 2. The topological polar surface area (TPSA) is 108 Å². The summed E-state index contributed by atoms with van der Waals surface area (Å²) >= 11 is 1.02. The van der Waals surface area contributed by atoms with E-state index in [1.165, 1.54) is 11.0 Å². The fraction of sp³-hybridized carbons (Fsp3) is 0.312. The number of benzene rings is 2. The van der Waals surface area contributed by atoms with Gasteiger partial charge in [0.2, 0.25) is 5.76 Å². The average Bonchev–Trinajstić information content (AvgIpc) is 3.49. The number of aromatic nitrogens is 1. The minimum absolute atomic E-state index is 0.0407. The smallest absolute Gasteiger partial charge is 0.350 e. The van der Waals surface area contributed by atoms with Crippen LogP contribution >= 0.6 is 11.3 Å². The predicted octanol–water partition coefficient (Wildman–Crippen LogP) is 6.47. The highest BCUT2D eigenvalue weighted by Crippen LogP contribution is 2.45. The number of anilines is 1. The molecule has 0 spiro atoms. The third-order valence-electron chi connectivity index (χ3n) is 6.82. The van der Waals surface area contributed by atoms with Crippen molar-refractivity contribution in [1.82, 2.24) is 4.98 Å². The van der Waals surface area contributed by atoms with Gasteiger partial charge in [0, 0.05) is 0 Å². The van der Waals surface area contributed by atoms with Crippen LogP contribution in [0, 0.1) is 12.8 Å². The second-order valence-corrected chi connectivity index (χ2v) is 11.2. The zero-order valence-corrected chi connectivity index (χ0v) is 24.8. The molecule has 9 nitrogen and oxygen atoms in total. The van der Waals surface area contributed by atoms with Gasteiger partial charge in [0.15, 0.2) is 22.1 Å². The van der Waals surface area contributed by atoms with Crippen LogP contribution in [0.3, 0.4) is 0 Å². The number of aryl methyl sites for hydroxylation is 1. The number of hydrogen-bond donors (Lipinski definition) is 0. The molecular weight excluding hydrogens is 556 g/mol. The number of carbonyl (C=O) groups is 2. The highest BCUT2D eigenvalue weighted by Gasteiger charge is 2.45. The zero-order valence-electron chi connectivity index (χ0n) is 24.0. The molecule has 4 aromatic rings. The lowest BCUT2D eigenvalue weighted by molar-refractivity contribution is 0.0554. The molecule has 10 heteroatoms. The maximum absolute atomic E-state index is 14.0. The first kappa shape index (κ1) is 29.1. The van der Waals surface area contributed by atoms with E-state index in [0.29, 0.717) is 52.9 Å². The van der Waals surface area contributed by atoms with Gasteiger partial charge in [0.25, 0.3) is 5.91 Å². The number of carbonyl (C=O) groups excluding carboxylic acids is 2. The number of thiazole rings is 1. The molecule has 1 atom stereocenters. The lowest BCUT2D eigenvalue weighted by Gasteiger charge is -2.23. The van der Waals surface area contributed by atoms with Gasteiger partial charge in [-0.2, -0.15) is 0 Å². The van der Waals surface area contributed by atoms with E-state index in [-0.39, 0.29) is 33.4 Å². The van der Waals surface area contributed by atoms with Crippen molar-refractivity contribution in [2.24, 2.45) is 5.92 Å². The Morgan fingerprint density at radius 3 is 2.69 bits per heavy atom. The number of esters is 1. The van der Waals surface area contributed by atoms with Crippen molar-refractivity contribution in [1.29, 1.82) is 0 Å². The highest BCUT2D eigenvalue weighted by molar-refractivity contribution is 7.17. The van der Waals surface area contributed by atoms with Gasteiger partial charge in [-0.3, -0.25) is 14.5 Å². The van der Waals surface area contributed by atoms with Crippen molar-refractivity contribution in [3.8, 4) is 11.5 Å². The third kappa shape index (κ3) is 5.42. The monoisotopic (exact) mass is 588 g/mol. The Kier molecular flexibility index (Phi) is 8.44. The molecule has 0 saturated heterocycles. The number of nitrogens with zero attached hydrogens (tertiary/aromatic N) is 2. The number of ether oxygens (including phenoxy) is 3. The van der Waals surface area contributed by atoms with Crippen LogP contribution in [0.25, 0.3) is 11.0 Å². The Bertz CT molecular complexity index is 1720. The van der Waals surface area contributed by atoms with Crippen molar-refractivity contribution >= 4 is 39.3 Å². The fourth-order valence-electron chi connectivity index (χ4n) is 4.79. The summed E-state index contributed by atoms with van der Waals surface area (Å²) < 4.78 is 23.2. The van der Waals surface area contributed by atoms with Crippen LogP contribution in [-0.4, -0.2) is 36.7 Å². The predicted molar refractivity (Wildman–Crippen MR) is 161 cm³/mol. The maximum atomic E-state index is 14.0. The van der Waals surface area contributed by atoms with Crippen LogP contribution < -0.4 is 19.8 Å². The molecule has 0 radical (unpaired) electrons. The lowest BCUT2D eigenvalue weighted by Crippen LogP contribution is -2.29. The molecule has 42 heavy (non-hydrogen) atoms. The normalized spacial score (nSPS) is 14.4. The first-order valence-corrected chi connectivity index (χ1v) is 14.6. The van der Waals surface area contributed by atoms with E-state index in [1.54, 1.807) is 43.3 Å². The van der Waals surface area contributed by atoms with Gasteiger partial charge in [0.1, 0.15) is 17.1 Å². The summed E-state index contributed by atoms with van der Waals surface area (Å²) in [4.78, 5) is 46.8. The molecule has 5 rings (SSSR count). The summed E-state index contributed by atoms with van der Waals surface area (Å²) in [6.07, 6.45) is 2.35. The van der Waals surface area contributed by atoms with Gasteiger partial charge in [-0.1, -0.05) is 56.0 Å². The van der Waals surface area contributed by atoms with E-state index in [2.05, 4.69) is 25.4 Å². The summed E-state index contributed by atoms with van der Waals surface area (Å²) in [5.41, 5.74) is 1.19. The second-order valence-electron chi connectivity index (χ2n) is 10.2. The first-order chi connectivity index (χ1) is 20.2. The maximum Gasteiger partial charge on any atom is 0.350 e. The molecule has 3 heterocycles. The standard InChI is InChI=1S/C32H32N2O7S/c1-6-15-40-31(37)29-19(5)33-32(42-29)34-26(20-12-13-23(24(17-20)38-7-2)39-16-14-18(3)4)25-27(35)21-10-8-9-11-22(21)41-28(25)30(34)36/h6,8-13,17-18,26H,1,7,14-16H2,2-5H3. The van der Waals surface area contributed by atoms with Crippen molar-refractivity contribution in [3.05, 3.63) is 92.8 Å². The van der Waals surface area contributed by atoms with E-state index in [1.807, 2.05) is 13.0 Å². The van der Waals surface area contributed by atoms with Crippen LogP contribution in [0.15, 0.2) is 64.3 Å². The van der Waals surface area contributed by atoms with Crippen LogP contribution in [0.1, 0.15) is 70.3 Å². The van der Waals surface area contributed by atoms with E-state index in [9.17, 15) is 14.4 Å². The van der Waals surface area contributed by atoms with Gasteiger partial charge in [-0.05, 0) is 56.0 Å². The third-order valence-corrected chi connectivity index (χ3v) is 7.96. The molecule has 0 saturated carbocycles. The fourth-order valence-corrected chi connectivity index (χ4v) is 5.78. The molecule has 2 aromatic carbocycles. The Morgan fingerprint density at radius 1 is 1.17 bits per heavy atom. The summed E-state index contributed by atoms with van der Waals surface area (Å²) in [5.74, 6) is 0.367. The van der Waals surface area contributed by atoms with Crippen molar-refractivity contribution in [3.63, 3.8) is 0 Å². The van der Waals surface area contributed by atoms with Crippen molar-refractivity contribution in [2.45, 2.75) is 40.2 Å². The molecule has 1 amide bonds. The molecule has 1 aliphatic rings. The van der Waals surface area contributed by atoms with Crippen LogP contribution in [-0.2, 0) is 4.74 Å². The Morgan fingerprint density at radius 2 is 1.95 bits per heavy atom. The van der Waals surface area contributed by atoms with Crippen LogP contribution in [0.4, 0.5) is 5.13 Å². The summed E-state index contributed by atoms with van der Waals surface area (Å²) in [7, 11) is 0. The molecule has 2 aromatic heterocycles. The van der Waals surface area contributed by atoms with E-state index in [4.69, 9.17) is 18.6 Å². The van der Waals surface area contributed by atoms with Crippen molar-refractivity contribution < 1.29 is 28.2 Å². The molecule has 1 aliphatic heterocycles. The lowest BCUT2D eigenvalue weighted by atomic mass is 9.98. The first-order valence-electron chi connectivity index (χ1n) is 13.8. The van der Waals surface area contributed by atoms with Gasteiger partial charge in [-0.15, -0.1) is 0 Å². The van der Waals surface area contributed by atoms with E-state index >= 15 is 0 Å². The molecule has 218 valence electrons. The van der Waals surface area contributed by atoms with E-state index in [0.717, 1.165) is 17.8 Å². The van der Waals surface area contributed by atoms with Gasteiger partial charge in [-0.25, -0.2) is 9.78 Å². The number of amides is 1. The highest BCUT2D eigenvalue weighted by atomic mass is 32.1. The van der Waals surface area contributed by atoms with Gasteiger partial charge >= 0.3 is 5.97 Å². The zero-order chi connectivity index (χ0) is 30.0. The number of rotatable bonds is 11.